The summed E-state index contributed by atoms with van der Waals surface area (Å²) in [5.41, 5.74) is 1.54. The van der Waals surface area contributed by atoms with E-state index in [1.165, 1.54) is 19.5 Å². The molecule has 64 valence electrons. The Bertz CT molecular complexity index is 140. The molecule has 2 heteroatoms. The lowest BCUT2D eigenvalue weighted by atomic mass is 10.1. The Kier molecular flexibility index (Phi) is 3.60. The van der Waals surface area contributed by atoms with Crippen molar-refractivity contribution in [3.05, 3.63) is 11.6 Å². The van der Waals surface area contributed by atoms with Gasteiger partial charge in [-0.15, -0.1) is 0 Å². The lowest BCUT2D eigenvalue weighted by molar-refractivity contribution is 0.303. The minimum absolute atomic E-state index is 1.05. The van der Waals surface area contributed by atoms with Crippen molar-refractivity contribution < 1.29 is 0 Å². The normalized spacial score (nSPS) is 20.0. The summed E-state index contributed by atoms with van der Waals surface area (Å²) in [7, 11) is 2.01. The summed E-state index contributed by atoms with van der Waals surface area (Å²) in [6, 6.07) is 0. The van der Waals surface area contributed by atoms with Gasteiger partial charge in [0.05, 0.1) is 0 Å². The Morgan fingerprint density at radius 3 is 3.09 bits per heavy atom. The number of hydrogen-bond donors (Lipinski definition) is 1. The van der Waals surface area contributed by atoms with Crippen LogP contribution < -0.4 is 5.32 Å². The SMILES string of the molecule is CCN1CCC=C(CNC)C1. The van der Waals surface area contributed by atoms with Crippen molar-refractivity contribution in [2.24, 2.45) is 0 Å². The van der Waals surface area contributed by atoms with Gasteiger partial charge in [0.2, 0.25) is 0 Å². The molecule has 1 N–H and O–H groups in total. The van der Waals surface area contributed by atoms with E-state index >= 15 is 0 Å². The van der Waals surface area contributed by atoms with Crippen LogP contribution in [0.15, 0.2) is 11.6 Å². The maximum Gasteiger partial charge on any atom is 0.0205 e. The van der Waals surface area contributed by atoms with Crippen LogP contribution in [0.25, 0.3) is 0 Å². The van der Waals surface area contributed by atoms with Crippen LogP contribution >= 0.6 is 0 Å². The summed E-state index contributed by atoms with van der Waals surface area (Å²) < 4.78 is 0. The molecule has 1 rings (SSSR count). The fourth-order valence-electron chi connectivity index (χ4n) is 1.51. The van der Waals surface area contributed by atoms with Gasteiger partial charge in [0, 0.05) is 19.6 Å². The molecular weight excluding hydrogens is 136 g/mol. The molecule has 1 aliphatic heterocycles. The lowest BCUT2D eigenvalue weighted by Crippen LogP contribution is -2.32. The molecule has 11 heavy (non-hydrogen) atoms. The van der Waals surface area contributed by atoms with Crippen LogP contribution in [-0.2, 0) is 0 Å². The van der Waals surface area contributed by atoms with E-state index in [-0.39, 0.29) is 0 Å². The van der Waals surface area contributed by atoms with Gasteiger partial charge in [-0.05, 0) is 25.6 Å². The average Bonchev–Trinajstić information content (AvgIpc) is 2.06. The van der Waals surface area contributed by atoms with Crippen LogP contribution in [0.5, 0.6) is 0 Å². The van der Waals surface area contributed by atoms with Crippen LogP contribution in [0.4, 0.5) is 0 Å². The second-order valence-corrected chi connectivity index (χ2v) is 3.05. The molecule has 0 saturated carbocycles. The Morgan fingerprint density at radius 1 is 1.64 bits per heavy atom. The molecule has 0 aromatic rings. The topological polar surface area (TPSA) is 15.3 Å². The zero-order valence-electron chi connectivity index (χ0n) is 7.56. The second kappa shape index (κ2) is 4.52. The average molecular weight is 154 g/mol. The summed E-state index contributed by atoms with van der Waals surface area (Å²) in [5.74, 6) is 0. The van der Waals surface area contributed by atoms with Crippen molar-refractivity contribution in [1.29, 1.82) is 0 Å². The number of nitrogens with one attached hydrogen (secondary N) is 1. The first kappa shape index (κ1) is 8.75. The molecule has 0 fully saturated rings. The number of nitrogens with zero attached hydrogens (tertiary/aromatic N) is 1. The Balaban J connectivity index is 2.35. The van der Waals surface area contributed by atoms with Gasteiger partial charge in [0.1, 0.15) is 0 Å². The molecule has 0 atom stereocenters. The Morgan fingerprint density at radius 2 is 2.45 bits per heavy atom. The van der Waals surface area contributed by atoms with Gasteiger partial charge in [-0.2, -0.15) is 0 Å². The second-order valence-electron chi connectivity index (χ2n) is 3.05. The van der Waals surface area contributed by atoms with Crippen molar-refractivity contribution in [2.75, 3.05) is 33.2 Å². The molecule has 0 saturated heterocycles. The molecule has 0 spiro atoms. The first-order valence-corrected chi connectivity index (χ1v) is 4.41. The zero-order chi connectivity index (χ0) is 8.10. The lowest BCUT2D eigenvalue weighted by Gasteiger charge is -2.25. The van der Waals surface area contributed by atoms with Crippen LogP contribution in [0, 0.1) is 0 Å². The third-order valence-corrected chi connectivity index (χ3v) is 2.16. The predicted octanol–water partition coefficient (Wildman–Crippen LogP) is 0.858. The molecule has 0 radical (unpaired) electrons. The minimum atomic E-state index is 1.05. The summed E-state index contributed by atoms with van der Waals surface area (Å²) in [4.78, 5) is 2.48. The summed E-state index contributed by atoms with van der Waals surface area (Å²) in [6.45, 7) is 6.86. The van der Waals surface area contributed by atoms with E-state index in [1.807, 2.05) is 7.05 Å². The molecule has 1 aliphatic rings. The largest absolute Gasteiger partial charge is 0.316 e. The van der Waals surface area contributed by atoms with Crippen LogP contribution in [0.2, 0.25) is 0 Å². The van der Waals surface area contributed by atoms with Gasteiger partial charge >= 0.3 is 0 Å². The quantitative estimate of drug-likeness (QED) is 0.606. The third kappa shape index (κ3) is 2.64. The fourth-order valence-corrected chi connectivity index (χ4v) is 1.51. The third-order valence-electron chi connectivity index (χ3n) is 2.16. The summed E-state index contributed by atoms with van der Waals surface area (Å²) in [6.07, 6.45) is 3.59. The van der Waals surface area contributed by atoms with Gasteiger partial charge in [-0.3, -0.25) is 4.90 Å². The predicted molar refractivity (Wildman–Crippen MR) is 48.7 cm³/mol. The van der Waals surface area contributed by atoms with Gasteiger partial charge < -0.3 is 5.32 Å². The summed E-state index contributed by atoms with van der Waals surface area (Å²) in [5, 5.41) is 3.19. The molecule has 2 nitrogen and oxygen atoms in total. The van der Waals surface area contributed by atoms with E-state index in [1.54, 1.807) is 5.57 Å². The Labute approximate surface area is 69.3 Å². The molecule has 0 aliphatic carbocycles. The van der Waals surface area contributed by atoms with Crippen molar-refractivity contribution in [2.45, 2.75) is 13.3 Å². The van der Waals surface area contributed by atoms with Crippen molar-refractivity contribution >= 4 is 0 Å². The highest BCUT2D eigenvalue weighted by molar-refractivity contribution is 5.09. The first-order chi connectivity index (χ1) is 5.36. The van der Waals surface area contributed by atoms with Gasteiger partial charge in [0.25, 0.3) is 0 Å². The van der Waals surface area contributed by atoms with E-state index < -0.39 is 0 Å². The van der Waals surface area contributed by atoms with E-state index in [0.29, 0.717) is 0 Å². The maximum absolute atomic E-state index is 3.19. The van der Waals surface area contributed by atoms with Crippen LogP contribution in [0.3, 0.4) is 0 Å². The van der Waals surface area contributed by atoms with E-state index in [9.17, 15) is 0 Å². The van der Waals surface area contributed by atoms with Crippen LogP contribution in [0.1, 0.15) is 13.3 Å². The van der Waals surface area contributed by atoms with Crippen molar-refractivity contribution in [3.8, 4) is 0 Å². The van der Waals surface area contributed by atoms with Gasteiger partial charge in [0.15, 0.2) is 0 Å². The highest BCUT2D eigenvalue weighted by Crippen LogP contribution is 2.07. The number of rotatable bonds is 3. The molecule has 0 unspecified atom stereocenters. The smallest absolute Gasteiger partial charge is 0.0205 e. The van der Waals surface area contributed by atoms with E-state index in [0.717, 1.165) is 13.1 Å². The first-order valence-electron chi connectivity index (χ1n) is 4.41. The summed E-state index contributed by atoms with van der Waals surface area (Å²) >= 11 is 0. The van der Waals surface area contributed by atoms with Crippen molar-refractivity contribution in [3.63, 3.8) is 0 Å². The van der Waals surface area contributed by atoms with Crippen molar-refractivity contribution in [1.82, 2.24) is 10.2 Å². The molecule has 0 aromatic carbocycles. The molecular formula is C9H18N2. The number of likely N-dealkylation sites (N-methyl/N-ethyl adjacent to an activating group) is 2. The van der Waals surface area contributed by atoms with Gasteiger partial charge in [-0.1, -0.05) is 13.0 Å². The monoisotopic (exact) mass is 154 g/mol. The molecule has 1 heterocycles. The number of hydrogen-bond acceptors (Lipinski definition) is 2. The molecule has 0 amide bonds. The van der Waals surface area contributed by atoms with E-state index in [2.05, 4.69) is 23.2 Å². The zero-order valence-corrected chi connectivity index (χ0v) is 7.56. The van der Waals surface area contributed by atoms with E-state index in [4.69, 9.17) is 0 Å². The van der Waals surface area contributed by atoms with Crippen LogP contribution in [-0.4, -0.2) is 38.1 Å². The highest BCUT2D eigenvalue weighted by Gasteiger charge is 2.08. The van der Waals surface area contributed by atoms with Gasteiger partial charge in [-0.25, -0.2) is 0 Å². The maximum atomic E-state index is 3.19. The highest BCUT2D eigenvalue weighted by atomic mass is 15.1. The molecule has 0 bridgehead atoms. The minimum Gasteiger partial charge on any atom is -0.316 e. The fraction of sp³-hybridized carbons (Fsp3) is 0.778. The Hall–Kier alpha value is -0.340. The molecule has 0 aromatic heterocycles. The standard InChI is InChI=1S/C9H18N2/c1-3-11-6-4-5-9(8-11)7-10-2/h5,10H,3-4,6-8H2,1-2H3.